The molecule has 0 aromatic heterocycles. The minimum absolute atomic E-state index is 0.0240. The van der Waals surface area contributed by atoms with Gasteiger partial charge in [0.2, 0.25) is 0 Å². The van der Waals surface area contributed by atoms with Gasteiger partial charge >= 0.3 is 5.97 Å². The minimum Gasteiger partial charge on any atom is -0.452 e. The molecule has 0 bridgehead atoms. The molecule has 0 aliphatic heterocycles. The van der Waals surface area contributed by atoms with E-state index in [4.69, 9.17) is 4.74 Å². The lowest BCUT2D eigenvalue weighted by Gasteiger charge is -2.16. The maximum Gasteiger partial charge on any atom is 0.309 e. The molecule has 2 rings (SSSR count). The summed E-state index contributed by atoms with van der Waals surface area (Å²) in [6.45, 7) is 3.70. The first kappa shape index (κ1) is 15.5. The van der Waals surface area contributed by atoms with E-state index in [9.17, 15) is 9.59 Å². The van der Waals surface area contributed by atoms with Gasteiger partial charge in [-0.3, -0.25) is 9.59 Å². The zero-order valence-electron chi connectivity index (χ0n) is 12.7. The van der Waals surface area contributed by atoms with E-state index in [2.05, 4.69) is 12.2 Å². The highest BCUT2D eigenvalue weighted by molar-refractivity contribution is 5.95. The van der Waals surface area contributed by atoms with Crippen molar-refractivity contribution >= 4 is 17.6 Å². The Kier molecular flexibility index (Phi) is 5.37. The van der Waals surface area contributed by atoms with Gasteiger partial charge in [-0.1, -0.05) is 31.9 Å². The van der Waals surface area contributed by atoms with Crippen LogP contribution in [0.4, 0.5) is 5.69 Å². The monoisotopic (exact) mass is 289 g/mol. The van der Waals surface area contributed by atoms with Crippen LogP contribution in [0.25, 0.3) is 0 Å². The van der Waals surface area contributed by atoms with Gasteiger partial charge in [0.1, 0.15) is 0 Å². The summed E-state index contributed by atoms with van der Waals surface area (Å²) in [5.74, 6) is -0.550. The number of ether oxygens (including phenoxy) is 1. The molecule has 4 heteroatoms. The number of benzene rings is 1. The first-order chi connectivity index (χ1) is 10.1. The van der Waals surface area contributed by atoms with E-state index in [1.54, 1.807) is 6.92 Å². The quantitative estimate of drug-likeness (QED) is 0.846. The van der Waals surface area contributed by atoms with E-state index >= 15 is 0 Å². The van der Waals surface area contributed by atoms with Crippen molar-refractivity contribution in [3.8, 4) is 0 Å². The standard InChI is InChI=1S/C17H23NO3/c1-3-13-8-10-15(11-9-13)18-16(19)12(2)21-17(20)14-6-4-5-7-14/h8-12,14H,3-7H2,1-2H3,(H,18,19)/t12-/m0/s1. The Morgan fingerprint density at radius 3 is 2.43 bits per heavy atom. The van der Waals surface area contributed by atoms with Crippen LogP contribution in [-0.4, -0.2) is 18.0 Å². The Morgan fingerprint density at radius 1 is 1.24 bits per heavy atom. The highest BCUT2D eigenvalue weighted by atomic mass is 16.5. The van der Waals surface area contributed by atoms with Gasteiger partial charge in [-0.25, -0.2) is 0 Å². The molecular formula is C17H23NO3. The zero-order valence-corrected chi connectivity index (χ0v) is 12.7. The molecule has 1 aromatic carbocycles. The summed E-state index contributed by atoms with van der Waals surface area (Å²) in [4.78, 5) is 23.9. The molecule has 0 radical (unpaired) electrons. The lowest BCUT2D eigenvalue weighted by Crippen LogP contribution is -2.31. The number of esters is 1. The topological polar surface area (TPSA) is 55.4 Å². The van der Waals surface area contributed by atoms with Crippen molar-refractivity contribution in [3.63, 3.8) is 0 Å². The number of hydrogen-bond acceptors (Lipinski definition) is 3. The van der Waals surface area contributed by atoms with Crippen molar-refractivity contribution < 1.29 is 14.3 Å². The van der Waals surface area contributed by atoms with Crippen LogP contribution >= 0.6 is 0 Å². The second-order valence-electron chi connectivity index (χ2n) is 5.60. The summed E-state index contributed by atoms with van der Waals surface area (Å²) in [7, 11) is 0. The fourth-order valence-electron chi connectivity index (χ4n) is 2.55. The maximum atomic E-state index is 12.0. The van der Waals surface area contributed by atoms with Crippen LogP contribution in [0.3, 0.4) is 0 Å². The Labute approximate surface area is 125 Å². The molecule has 0 unspecified atom stereocenters. The summed E-state index contributed by atoms with van der Waals surface area (Å²) < 4.78 is 5.26. The Bertz CT molecular complexity index is 489. The van der Waals surface area contributed by atoms with E-state index in [1.807, 2.05) is 24.3 Å². The fraction of sp³-hybridized carbons (Fsp3) is 0.529. The molecule has 4 nitrogen and oxygen atoms in total. The molecule has 21 heavy (non-hydrogen) atoms. The average molecular weight is 289 g/mol. The van der Waals surface area contributed by atoms with Gasteiger partial charge in [0.25, 0.3) is 5.91 Å². The van der Waals surface area contributed by atoms with E-state index in [1.165, 1.54) is 5.56 Å². The van der Waals surface area contributed by atoms with Gasteiger partial charge in [-0.15, -0.1) is 0 Å². The van der Waals surface area contributed by atoms with Crippen LogP contribution in [-0.2, 0) is 20.7 Å². The minimum atomic E-state index is -0.760. The molecule has 1 saturated carbocycles. The number of amides is 1. The van der Waals surface area contributed by atoms with Crippen molar-refractivity contribution in [2.45, 2.75) is 52.1 Å². The number of hydrogen-bond donors (Lipinski definition) is 1. The highest BCUT2D eigenvalue weighted by Crippen LogP contribution is 2.26. The predicted molar refractivity (Wildman–Crippen MR) is 82.0 cm³/mol. The molecular weight excluding hydrogens is 266 g/mol. The first-order valence-corrected chi connectivity index (χ1v) is 7.70. The molecule has 1 aromatic rings. The van der Waals surface area contributed by atoms with Gasteiger partial charge in [-0.2, -0.15) is 0 Å². The van der Waals surface area contributed by atoms with Gasteiger partial charge in [0.15, 0.2) is 6.10 Å². The Morgan fingerprint density at radius 2 is 1.86 bits per heavy atom. The van der Waals surface area contributed by atoms with E-state index in [-0.39, 0.29) is 17.8 Å². The van der Waals surface area contributed by atoms with E-state index < -0.39 is 6.10 Å². The van der Waals surface area contributed by atoms with E-state index in [0.29, 0.717) is 0 Å². The van der Waals surface area contributed by atoms with Crippen LogP contribution in [0.15, 0.2) is 24.3 Å². The number of carbonyl (C=O) groups excluding carboxylic acids is 2. The van der Waals surface area contributed by atoms with Crippen molar-refractivity contribution in [2.75, 3.05) is 5.32 Å². The molecule has 0 spiro atoms. The number of anilines is 1. The fourth-order valence-corrected chi connectivity index (χ4v) is 2.55. The molecule has 114 valence electrons. The number of rotatable bonds is 5. The van der Waals surface area contributed by atoms with Crippen molar-refractivity contribution in [1.29, 1.82) is 0 Å². The van der Waals surface area contributed by atoms with Crippen LogP contribution in [0.1, 0.15) is 45.1 Å². The summed E-state index contributed by atoms with van der Waals surface area (Å²) in [6.07, 6.45) is 4.11. The summed E-state index contributed by atoms with van der Waals surface area (Å²) in [6, 6.07) is 7.68. The summed E-state index contributed by atoms with van der Waals surface area (Å²) in [5.41, 5.74) is 1.94. The molecule has 1 aliphatic carbocycles. The second-order valence-corrected chi connectivity index (χ2v) is 5.60. The van der Waals surface area contributed by atoms with Gasteiger partial charge in [0, 0.05) is 5.69 Å². The SMILES string of the molecule is CCc1ccc(NC(=O)[C@H](C)OC(=O)C2CCCC2)cc1. The third-order valence-electron chi connectivity index (χ3n) is 3.98. The van der Waals surface area contributed by atoms with Crippen molar-refractivity contribution in [2.24, 2.45) is 5.92 Å². The van der Waals surface area contributed by atoms with Crippen LogP contribution in [0.5, 0.6) is 0 Å². The maximum absolute atomic E-state index is 12.0. The number of aryl methyl sites for hydroxylation is 1. The van der Waals surface area contributed by atoms with Gasteiger partial charge in [0.05, 0.1) is 5.92 Å². The largest absolute Gasteiger partial charge is 0.452 e. The lowest BCUT2D eigenvalue weighted by atomic mass is 10.1. The molecule has 1 N–H and O–H groups in total. The highest BCUT2D eigenvalue weighted by Gasteiger charge is 2.27. The third kappa shape index (κ3) is 4.31. The van der Waals surface area contributed by atoms with Gasteiger partial charge in [-0.05, 0) is 43.9 Å². The normalized spacial score (nSPS) is 16.5. The third-order valence-corrected chi connectivity index (χ3v) is 3.98. The smallest absolute Gasteiger partial charge is 0.309 e. The number of nitrogens with one attached hydrogen (secondary N) is 1. The molecule has 1 atom stereocenters. The van der Waals surface area contributed by atoms with Gasteiger partial charge < -0.3 is 10.1 Å². The van der Waals surface area contributed by atoms with Crippen molar-refractivity contribution in [3.05, 3.63) is 29.8 Å². The molecule has 0 saturated heterocycles. The molecule has 0 heterocycles. The predicted octanol–water partition coefficient (Wildman–Crippen LogP) is 3.31. The van der Waals surface area contributed by atoms with E-state index in [0.717, 1.165) is 37.8 Å². The molecule has 1 aliphatic rings. The lowest BCUT2D eigenvalue weighted by molar-refractivity contribution is -0.157. The molecule has 1 fully saturated rings. The van der Waals surface area contributed by atoms with Crippen LogP contribution in [0.2, 0.25) is 0 Å². The second kappa shape index (κ2) is 7.25. The zero-order chi connectivity index (χ0) is 15.2. The summed E-state index contributed by atoms with van der Waals surface area (Å²) in [5, 5.41) is 2.77. The van der Waals surface area contributed by atoms with Crippen molar-refractivity contribution in [1.82, 2.24) is 0 Å². The number of carbonyl (C=O) groups is 2. The Balaban J connectivity index is 1.85. The van der Waals surface area contributed by atoms with Crippen LogP contribution in [0, 0.1) is 5.92 Å². The average Bonchev–Trinajstić information content (AvgIpc) is 3.02. The first-order valence-electron chi connectivity index (χ1n) is 7.70. The summed E-state index contributed by atoms with van der Waals surface area (Å²) >= 11 is 0. The molecule has 1 amide bonds. The van der Waals surface area contributed by atoms with Crippen LogP contribution < -0.4 is 5.32 Å². The Hall–Kier alpha value is -1.84.